The lowest BCUT2D eigenvalue weighted by Crippen LogP contribution is -2.44. The van der Waals surface area contributed by atoms with E-state index in [1.807, 2.05) is 12.1 Å². The summed E-state index contributed by atoms with van der Waals surface area (Å²) in [7, 11) is 0. The van der Waals surface area contributed by atoms with E-state index in [0.29, 0.717) is 5.56 Å². The summed E-state index contributed by atoms with van der Waals surface area (Å²) in [6, 6.07) is 5.01. The SMILES string of the molecule is C=C[C@@H](c1cc(Br)ccc1F)N1CCNCC1.Cl.Cl. The summed E-state index contributed by atoms with van der Waals surface area (Å²) < 4.78 is 14.7. The molecule has 19 heavy (non-hydrogen) atoms. The molecule has 0 radical (unpaired) electrons. The van der Waals surface area contributed by atoms with Crippen molar-refractivity contribution in [1.82, 2.24) is 10.2 Å². The van der Waals surface area contributed by atoms with Crippen molar-refractivity contribution in [3.63, 3.8) is 0 Å². The first-order valence-corrected chi connectivity index (χ1v) is 6.54. The zero-order valence-corrected chi connectivity index (χ0v) is 13.7. The first-order valence-electron chi connectivity index (χ1n) is 5.74. The van der Waals surface area contributed by atoms with E-state index in [9.17, 15) is 4.39 Å². The lowest BCUT2D eigenvalue weighted by Gasteiger charge is -2.33. The Labute approximate surface area is 134 Å². The van der Waals surface area contributed by atoms with Crippen LogP contribution in [0.1, 0.15) is 11.6 Å². The van der Waals surface area contributed by atoms with Crippen LogP contribution in [-0.2, 0) is 0 Å². The number of rotatable bonds is 3. The monoisotopic (exact) mass is 370 g/mol. The van der Waals surface area contributed by atoms with Crippen LogP contribution in [0.4, 0.5) is 4.39 Å². The van der Waals surface area contributed by atoms with E-state index >= 15 is 0 Å². The first kappa shape index (κ1) is 18.9. The summed E-state index contributed by atoms with van der Waals surface area (Å²) >= 11 is 3.39. The fraction of sp³-hybridized carbons (Fsp3) is 0.385. The molecule has 1 aliphatic rings. The molecule has 2 nitrogen and oxygen atoms in total. The van der Waals surface area contributed by atoms with E-state index in [1.165, 1.54) is 6.07 Å². The van der Waals surface area contributed by atoms with Gasteiger partial charge in [-0.25, -0.2) is 4.39 Å². The molecule has 108 valence electrons. The van der Waals surface area contributed by atoms with E-state index in [0.717, 1.165) is 30.7 Å². The largest absolute Gasteiger partial charge is 0.314 e. The maximum absolute atomic E-state index is 13.9. The van der Waals surface area contributed by atoms with E-state index < -0.39 is 0 Å². The molecule has 1 fully saturated rings. The minimum atomic E-state index is -0.170. The molecule has 1 aromatic rings. The second-order valence-electron chi connectivity index (χ2n) is 4.13. The van der Waals surface area contributed by atoms with Crippen molar-refractivity contribution < 1.29 is 4.39 Å². The summed E-state index contributed by atoms with van der Waals surface area (Å²) in [5.74, 6) is -0.170. The van der Waals surface area contributed by atoms with Crippen LogP contribution in [-0.4, -0.2) is 31.1 Å². The molecule has 2 rings (SSSR count). The van der Waals surface area contributed by atoms with Crippen LogP contribution < -0.4 is 5.32 Å². The van der Waals surface area contributed by atoms with E-state index in [2.05, 4.69) is 32.7 Å². The van der Waals surface area contributed by atoms with Gasteiger partial charge in [0.15, 0.2) is 0 Å². The Balaban J connectivity index is 0.00000162. The van der Waals surface area contributed by atoms with Gasteiger partial charge in [-0.05, 0) is 18.2 Å². The van der Waals surface area contributed by atoms with Crippen molar-refractivity contribution in [2.45, 2.75) is 6.04 Å². The molecule has 0 aromatic heterocycles. The van der Waals surface area contributed by atoms with Gasteiger partial charge >= 0.3 is 0 Å². The van der Waals surface area contributed by atoms with E-state index in [4.69, 9.17) is 0 Å². The summed E-state index contributed by atoms with van der Waals surface area (Å²) in [5, 5.41) is 3.29. The summed E-state index contributed by atoms with van der Waals surface area (Å²) in [5.41, 5.74) is 0.691. The van der Waals surface area contributed by atoms with Crippen molar-refractivity contribution in [3.05, 3.63) is 46.7 Å². The van der Waals surface area contributed by atoms with Crippen molar-refractivity contribution in [2.24, 2.45) is 0 Å². The zero-order chi connectivity index (χ0) is 12.3. The standard InChI is InChI=1S/C13H16BrFN2.2ClH/c1-2-13(17-7-5-16-6-8-17)11-9-10(14)3-4-12(11)15;;/h2-4,9,13,16H,1,5-8H2;2*1H/t13-;;/m0../s1. The molecule has 0 spiro atoms. The molecular weight excluding hydrogens is 354 g/mol. The fourth-order valence-electron chi connectivity index (χ4n) is 2.17. The van der Waals surface area contributed by atoms with Crippen LogP contribution >= 0.6 is 40.7 Å². The van der Waals surface area contributed by atoms with Crippen LogP contribution in [0.2, 0.25) is 0 Å². The van der Waals surface area contributed by atoms with Gasteiger partial charge in [0.05, 0.1) is 6.04 Å². The predicted molar refractivity (Wildman–Crippen MR) is 86.0 cm³/mol. The third kappa shape index (κ3) is 4.72. The summed E-state index contributed by atoms with van der Waals surface area (Å²) in [6.07, 6.45) is 1.82. The third-order valence-corrected chi connectivity index (χ3v) is 3.54. The summed E-state index contributed by atoms with van der Waals surface area (Å²) in [4.78, 5) is 2.24. The van der Waals surface area contributed by atoms with Gasteiger partial charge in [0.2, 0.25) is 0 Å². The molecule has 0 amide bonds. The Bertz CT molecular complexity index is 412. The number of piperazine rings is 1. The number of nitrogens with zero attached hydrogens (tertiary/aromatic N) is 1. The lowest BCUT2D eigenvalue weighted by molar-refractivity contribution is 0.200. The number of hydrogen-bond donors (Lipinski definition) is 1. The molecule has 0 saturated carbocycles. The molecule has 1 heterocycles. The zero-order valence-electron chi connectivity index (χ0n) is 10.4. The van der Waals surface area contributed by atoms with Crippen LogP contribution in [0.25, 0.3) is 0 Å². The Kier molecular flexibility index (Phi) is 8.86. The third-order valence-electron chi connectivity index (χ3n) is 3.04. The topological polar surface area (TPSA) is 15.3 Å². The highest BCUT2D eigenvalue weighted by molar-refractivity contribution is 9.10. The average Bonchev–Trinajstić information content (AvgIpc) is 2.36. The molecule has 6 heteroatoms. The molecular formula is C13H18BrCl2FN2. The quantitative estimate of drug-likeness (QED) is 0.817. The van der Waals surface area contributed by atoms with Crippen LogP contribution in [0, 0.1) is 5.82 Å². The van der Waals surface area contributed by atoms with Gasteiger partial charge < -0.3 is 5.32 Å². The average molecular weight is 372 g/mol. The molecule has 0 aliphatic carbocycles. The second kappa shape index (κ2) is 8.93. The molecule has 1 atom stereocenters. The predicted octanol–water partition coefficient (Wildman–Crippen LogP) is 3.56. The van der Waals surface area contributed by atoms with Gasteiger partial charge in [-0.1, -0.05) is 22.0 Å². The van der Waals surface area contributed by atoms with Gasteiger partial charge in [-0.15, -0.1) is 31.4 Å². The smallest absolute Gasteiger partial charge is 0.128 e. The van der Waals surface area contributed by atoms with Crippen molar-refractivity contribution in [3.8, 4) is 0 Å². The Hall–Kier alpha value is -0.130. The maximum atomic E-state index is 13.9. The van der Waals surface area contributed by atoms with Gasteiger partial charge in [0, 0.05) is 36.2 Å². The van der Waals surface area contributed by atoms with Crippen molar-refractivity contribution in [1.29, 1.82) is 0 Å². The van der Waals surface area contributed by atoms with Crippen LogP contribution in [0.5, 0.6) is 0 Å². The first-order chi connectivity index (χ1) is 8.22. The van der Waals surface area contributed by atoms with Crippen LogP contribution in [0.15, 0.2) is 35.3 Å². The molecule has 1 N–H and O–H groups in total. The molecule has 0 unspecified atom stereocenters. The van der Waals surface area contributed by atoms with E-state index in [1.54, 1.807) is 6.07 Å². The lowest BCUT2D eigenvalue weighted by atomic mass is 10.0. The summed E-state index contributed by atoms with van der Waals surface area (Å²) in [6.45, 7) is 7.57. The molecule has 1 saturated heterocycles. The fourth-order valence-corrected chi connectivity index (χ4v) is 2.55. The second-order valence-corrected chi connectivity index (χ2v) is 5.05. The maximum Gasteiger partial charge on any atom is 0.128 e. The number of halogens is 4. The van der Waals surface area contributed by atoms with Gasteiger partial charge in [0.25, 0.3) is 0 Å². The minimum absolute atomic E-state index is 0. The van der Waals surface area contributed by atoms with Gasteiger partial charge in [0.1, 0.15) is 5.82 Å². The highest BCUT2D eigenvalue weighted by atomic mass is 79.9. The van der Waals surface area contributed by atoms with Crippen molar-refractivity contribution >= 4 is 40.7 Å². The molecule has 1 aromatic carbocycles. The molecule has 0 bridgehead atoms. The minimum Gasteiger partial charge on any atom is -0.314 e. The number of nitrogens with one attached hydrogen (secondary N) is 1. The highest BCUT2D eigenvalue weighted by Gasteiger charge is 2.22. The number of benzene rings is 1. The molecule has 1 aliphatic heterocycles. The highest BCUT2D eigenvalue weighted by Crippen LogP contribution is 2.27. The normalized spacial score (nSPS) is 16.9. The van der Waals surface area contributed by atoms with Crippen LogP contribution in [0.3, 0.4) is 0 Å². The van der Waals surface area contributed by atoms with Gasteiger partial charge in [-0.2, -0.15) is 0 Å². The Morgan fingerprint density at radius 3 is 2.53 bits per heavy atom. The Morgan fingerprint density at radius 1 is 1.32 bits per heavy atom. The van der Waals surface area contributed by atoms with Gasteiger partial charge in [-0.3, -0.25) is 4.90 Å². The van der Waals surface area contributed by atoms with E-state index in [-0.39, 0.29) is 36.7 Å². The number of hydrogen-bond acceptors (Lipinski definition) is 2. The Morgan fingerprint density at radius 2 is 1.95 bits per heavy atom. The van der Waals surface area contributed by atoms with Crippen molar-refractivity contribution in [2.75, 3.05) is 26.2 Å².